The van der Waals surface area contributed by atoms with Crippen LogP contribution in [0.4, 0.5) is 13.2 Å². The monoisotopic (exact) mass is 284 g/mol. The molecule has 7 heteroatoms. The Kier molecular flexibility index (Phi) is 3.29. The molecule has 20 heavy (non-hydrogen) atoms. The molecule has 4 nitrogen and oxygen atoms in total. The van der Waals surface area contributed by atoms with Gasteiger partial charge in [0.1, 0.15) is 5.69 Å². The minimum atomic E-state index is -4.69. The van der Waals surface area contributed by atoms with Gasteiger partial charge in [-0.2, -0.15) is 18.3 Å². The van der Waals surface area contributed by atoms with E-state index in [9.17, 15) is 18.0 Å². The lowest BCUT2D eigenvalue weighted by Gasteiger charge is -2.14. The van der Waals surface area contributed by atoms with Crippen LogP contribution in [-0.2, 0) is 6.18 Å². The van der Waals surface area contributed by atoms with E-state index in [1.807, 2.05) is 0 Å². The summed E-state index contributed by atoms with van der Waals surface area (Å²) in [6, 6.07) is 5.53. The molecule has 1 N–H and O–H groups in total. The van der Waals surface area contributed by atoms with Crippen LogP contribution in [0.1, 0.15) is 27.3 Å². The van der Waals surface area contributed by atoms with Crippen molar-refractivity contribution in [2.75, 3.05) is 0 Å². The van der Waals surface area contributed by atoms with E-state index in [1.54, 1.807) is 32.0 Å². The second kappa shape index (κ2) is 4.66. The van der Waals surface area contributed by atoms with Gasteiger partial charge >= 0.3 is 12.1 Å². The van der Waals surface area contributed by atoms with Gasteiger partial charge in [0.2, 0.25) is 0 Å². The second-order valence-electron chi connectivity index (χ2n) is 4.37. The van der Waals surface area contributed by atoms with Crippen LogP contribution in [0.15, 0.2) is 24.3 Å². The molecule has 0 bridgehead atoms. The zero-order valence-corrected chi connectivity index (χ0v) is 10.7. The van der Waals surface area contributed by atoms with Crippen molar-refractivity contribution in [3.8, 4) is 5.69 Å². The quantitative estimate of drug-likeness (QED) is 0.921. The van der Waals surface area contributed by atoms with Crippen LogP contribution in [0.5, 0.6) is 0 Å². The molecule has 1 aromatic carbocycles. The van der Waals surface area contributed by atoms with Gasteiger partial charge < -0.3 is 5.11 Å². The Morgan fingerprint density at radius 1 is 1.25 bits per heavy atom. The largest absolute Gasteiger partial charge is 0.476 e. The predicted molar refractivity (Wildman–Crippen MR) is 65.0 cm³/mol. The molecule has 0 aliphatic rings. The highest BCUT2D eigenvalue weighted by Gasteiger charge is 2.37. The van der Waals surface area contributed by atoms with Gasteiger partial charge in [-0.3, -0.25) is 0 Å². The van der Waals surface area contributed by atoms with Crippen molar-refractivity contribution in [3.05, 3.63) is 46.8 Å². The summed E-state index contributed by atoms with van der Waals surface area (Å²) in [7, 11) is 0. The van der Waals surface area contributed by atoms with E-state index in [0.717, 1.165) is 0 Å². The van der Waals surface area contributed by atoms with E-state index < -0.39 is 23.5 Å². The topological polar surface area (TPSA) is 55.1 Å². The van der Waals surface area contributed by atoms with E-state index in [-0.39, 0.29) is 5.69 Å². The summed E-state index contributed by atoms with van der Waals surface area (Å²) in [5.41, 5.74) is -0.342. The molecule has 106 valence electrons. The molecule has 2 rings (SSSR count). The van der Waals surface area contributed by atoms with Gasteiger partial charge in [-0.15, -0.1) is 0 Å². The fraction of sp³-hybridized carbons (Fsp3) is 0.231. The minimum Gasteiger partial charge on any atom is -0.476 e. The number of carboxylic acids is 1. The molecule has 0 saturated heterocycles. The molecule has 0 atom stereocenters. The molecule has 0 radical (unpaired) electrons. The summed E-state index contributed by atoms with van der Waals surface area (Å²) in [4.78, 5) is 10.9. The molecule has 0 aliphatic carbocycles. The molecule has 0 amide bonds. The van der Waals surface area contributed by atoms with Crippen LogP contribution in [0, 0.1) is 13.8 Å². The number of hydrogen-bond donors (Lipinski definition) is 1. The van der Waals surface area contributed by atoms with Crippen molar-refractivity contribution in [1.29, 1.82) is 0 Å². The van der Waals surface area contributed by atoms with Crippen LogP contribution in [0.3, 0.4) is 0 Å². The Morgan fingerprint density at radius 2 is 1.80 bits per heavy atom. The molecule has 0 unspecified atom stereocenters. The molecule has 1 heterocycles. The lowest BCUT2D eigenvalue weighted by atomic mass is 10.1. The van der Waals surface area contributed by atoms with Crippen LogP contribution in [0.2, 0.25) is 0 Å². The summed E-state index contributed by atoms with van der Waals surface area (Å²) in [5.74, 6) is -1.50. The SMILES string of the molecule is Cc1cccc(C)c1-n1nc(C(=O)O)cc1C(F)(F)F. The third-order valence-electron chi connectivity index (χ3n) is 2.87. The first-order chi connectivity index (χ1) is 9.21. The molecule has 0 saturated carbocycles. The van der Waals surface area contributed by atoms with E-state index in [1.165, 1.54) is 0 Å². The highest BCUT2D eigenvalue weighted by Crippen LogP contribution is 2.33. The number of hydrogen-bond acceptors (Lipinski definition) is 2. The Labute approximate surface area is 112 Å². The van der Waals surface area contributed by atoms with Gasteiger partial charge in [0, 0.05) is 6.07 Å². The maximum atomic E-state index is 13.0. The number of aryl methyl sites for hydroxylation is 2. The molecule has 1 aromatic heterocycles. The standard InChI is InChI=1S/C13H11F3N2O2/c1-7-4-3-5-8(2)11(7)18-10(13(14,15)16)6-9(17-18)12(19)20/h3-6H,1-2H3,(H,19,20). The Balaban J connectivity index is 2.76. The Morgan fingerprint density at radius 3 is 2.25 bits per heavy atom. The molecule has 2 aromatic rings. The van der Waals surface area contributed by atoms with E-state index in [4.69, 9.17) is 5.11 Å². The first kappa shape index (κ1) is 14.1. The number of benzene rings is 1. The molecular weight excluding hydrogens is 273 g/mol. The third-order valence-corrected chi connectivity index (χ3v) is 2.87. The summed E-state index contributed by atoms with van der Waals surface area (Å²) in [6.45, 7) is 3.29. The first-order valence-corrected chi connectivity index (χ1v) is 5.69. The molecule has 0 spiro atoms. The number of carboxylic acid groups (broad SMARTS) is 1. The fourth-order valence-electron chi connectivity index (χ4n) is 2.00. The van der Waals surface area contributed by atoms with Crippen molar-refractivity contribution < 1.29 is 23.1 Å². The summed E-state index contributed by atoms with van der Waals surface area (Å²) >= 11 is 0. The number of para-hydroxylation sites is 1. The second-order valence-corrected chi connectivity index (χ2v) is 4.37. The average Bonchev–Trinajstić information content (AvgIpc) is 2.73. The van der Waals surface area contributed by atoms with Gasteiger partial charge in [0.05, 0.1) is 5.69 Å². The lowest BCUT2D eigenvalue weighted by Crippen LogP contribution is -2.15. The van der Waals surface area contributed by atoms with Crippen LogP contribution >= 0.6 is 0 Å². The van der Waals surface area contributed by atoms with Gasteiger partial charge in [0.15, 0.2) is 5.69 Å². The molecular formula is C13H11F3N2O2. The number of carbonyl (C=O) groups is 1. The van der Waals surface area contributed by atoms with Gasteiger partial charge in [-0.05, 0) is 25.0 Å². The summed E-state index contributed by atoms with van der Waals surface area (Å²) in [6.07, 6.45) is -4.69. The number of aromatic nitrogens is 2. The summed E-state index contributed by atoms with van der Waals surface area (Å²) in [5, 5.41) is 12.4. The smallest absolute Gasteiger partial charge is 0.433 e. The van der Waals surface area contributed by atoms with Gasteiger partial charge in [0.25, 0.3) is 0 Å². The number of rotatable bonds is 2. The van der Waals surface area contributed by atoms with E-state index in [2.05, 4.69) is 5.10 Å². The van der Waals surface area contributed by atoms with Crippen molar-refractivity contribution in [3.63, 3.8) is 0 Å². The predicted octanol–water partition coefficient (Wildman–Crippen LogP) is 3.21. The Hall–Kier alpha value is -2.31. The van der Waals surface area contributed by atoms with Crippen LogP contribution in [0.25, 0.3) is 5.69 Å². The van der Waals surface area contributed by atoms with Crippen molar-refractivity contribution >= 4 is 5.97 Å². The fourth-order valence-corrected chi connectivity index (χ4v) is 2.00. The van der Waals surface area contributed by atoms with Crippen molar-refractivity contribution in [1.82, 2.24) is 9.78 Å². The number of halogens is 3. The van der Waals surface area contributed by atoms with Gasteiger partial charge in [-0.1, -0.05) is 18.2 Å². The number of alkyl halides is 3. The zero-order chi connectivity index (χ0) is 15.1. The third kappa shape index (κ3) is 2.38. The average molecular weight is 284 g/mol. The Bertz CT molecular complexity index is 654. The molecule has 0 aliphatic heterocycles. The molecule has 0 fully saturated rings. The van der Waals surface area contributed by atoms with E-state index >= 15 is 0 Å². The van der Waals surface area contributed by atoms with E-state index in [0.29, 0.717) is 21.9 Å². The number of aromatic carboxylic acids is 1. The van der Waals surface area contributed by atoms with Crippen LogP contribution < -0.4 is 0 Å². The summed E-state index contributed by atoms with van der Waals surface area (Å²) < 4.78 is 39.7. The number of nitrogens with zero attached hydrogens (tertiary/aromatic N) is 2. The van der Waals surface area contributed by atoms with Crippen molar-refractivity contribution in [2.24, 2.45) is 0 Å². The highest BCUT2D eigenvalue weighted by molar-refractivity contribution is 5.85. The maximum absolute atomic E-state index is 13.0. The van der Waals surface area contributed by atoms with Crippen molar-refractivity contribution in [2.45, 2.75) is 20.0 Å². The zero-order valence-electron chi connectivity index (χ0n) is 10.7. The maximum Gasteiger partial charge on any atom is 0.433 e. The van der Waals surface area contributed by atoms with Crippen LogP contribution in [-0.4, -0.2) is 20.9 Å². The highest BCUT2D eigenvalue weighted by atomic mass is 19.4. The minimum absolute atomic E-state index is 0.243. The first-order valence-electron chi connectivity index (χ1n) is 5.69. The van der Waals surface area contributed by atoms with Gasteiger partial charge in [-0.25, -0.2) is 9.48 Å². The normalized spacial score (nSPS) is 11.7. The lowest BCUT2D eigenvalue weighted by molar-refractivity contribution is -0.142.